The molecule has 0 bridgehead atoms. The summed E-state index contributed by atoms with van der Waals surface area (Å²) in [6, 6.07) is 3.22. The minimum Gasteiger partial charge on any atom is -0.464 e. The van der Waals surface area contributed by atoms with E-state index in [2.05, 4.69) is 20.9 Å². The summed E-state index contributed by atoms with van der Waals surface area (Å²) in [5, 5.41) is 29.4. The van der Waals surface area contributed by atoms with Crippen molar-refractivity contribution in [2.45, 2.75) is 6.10 Å². The van der Waals surface area contributed by atoms with Gasteiger partial charge in [-0.1, -0.05) is 0 Å². The molecule has 1 unspecified atom stereocenters. The zero-order chi connectivity index (χ0) is 13.3. The summed E-state index contributed by atoms with van der Waals surface area (Å²) in [7, 11) is 0. The van der Waals surface area contributed by atoms with Crippen molar-refractivity contribution in [1.82, 2.24) is 9.55 Å². The van der Waals surface area contributed by atoms with Gasteiger partial charge in [0.2, 0.25) is 0 Å². The highest BCUT2D eigenvalue weighted by Crippen LogP contribution is 2.29. The number of thiazole rings is 1. The monoisotopic (exact) mass is 332 g/mol. The van der Waals surface area contributed by atoms with Gasteiger partial charge in [0.05, 0.1) is 22.6 Å². The third-order valence-electron chi connectivity index (χ3n) is 2.28. The molecule has 2 aromatic rings. The second-order valence-corrected chi connectivity index (χ2v) is 5.11. The van der Waals surface area contributed by atoms with Crippen molar-refractivity contribution in [2.75, 3.05) is 6.61 Å². The summed E-state index contributed by atoms with van der Waals surface area (Å²) in [5.74, 6) is 0. The van der Waals surface area contributed by atoms with E-state index in [0.717, 1.165) is 4.57 Å². The SMILES string of the molecule is O=C(O)n1c(Br)ccc1-c1nc(C(O)CO)cs1. The van der Waals surface area contributed by atoms with Crippen LogP contribution in [0.3, 0.4) is 0 Å². The van der Waals surface area contributed by atoms with E-state index in [1.54, 1.807) is 17.5 Å². The number of hydrogen-bond acceptors (Lipinski definition) is 5. The molecule has 0 saturated heterocycles. The van der Waals surface area contributed by atoms with Crippen LogP contribution in [0, 0.1) is 0 Å². The van der Waals surface area contributed by atoms with Crippen LogP contribution in [0.1, 0.15) is 11.8 Å². The van der Waals surface area contributed by atoms with Crippen molar-refractivity contribution in [1.29, 1.82) is 0 Å². The molecule has 0 aliphatic rings. The maximum absolute atomic E-state index is 11.1. The smallest absolute Gasteiger partial charge is 0.417 e. The maximum Gasteiger partial charge on any atom is 0.417 e. The Hall–Kier alpha value is -1.22. The molecule has 0 radical (unpaired) electrons. The highest BCUT2D eigenvalue weighted by Gasteiger charge is 2.18. The number of carbonyl (C=O) groups is 1. The van der Waals surface area contributed by atoms with Crippen molar-refractivity contribution in [3.05, 3.63) is 27.8 Å². The summed E-state index contributed by atoms with van der Waals surface area (Å²) in [6.45, 7) is -0.424. The van der Waals surface area contributed by atoms with Gasteiger partial charge in [-0.2, -0.15) is 0 Å². The standard InChI is InChI=1S/C10H9BrN2O4S/c11-8-2-1-6(13(8)10(16)17)9-12-5(4-18-9)7(15)3-14/h1-2,4,7,14-15H,3H2,(H,16,17). The molecular weight excluding hydrogens is 324 g/mol. The van der Waals surface area contributed by atoms with Gasteiger partial charge in [-0.05, 0) is 28.1 Å². The van der Waals surface area contributed by atoms with E-state index in [9.17, 15) is 9.90 Å². The third-order valence-corrected chi connectivity index (χ3v) is 3.78. The lowest BCUT2D eigenvalue weighted by molar-refractivity contribution is 0.0928. The van der Waals surface area contributed by atoms with Crippen LogP contribution in [-0.2, 0) is 0 Å². The Bertz CT molecular complexity index is 580. The minimum atomic E-state index is -1.12. The average Bonchev–Trinajstić information content (AvgIpc) is 2.93. The van der Waals surface area contributed by atoms with Crippen molar-refractivity contribution < 1.29 is 20.1 Å². The van der Waals surface area contributed by atoms with E-state index in [1.165, 1.54) is 11.3 Å². The Morgan fingerprint density at radius 2 is 2.28 bits per heavy atom. The molecular formula is C10H9BrN2O4S. The van der Waals surface area contributed by atoms with Gasteiger partial charge in [-0.15, -0.1) is 11.3 Å². The first-order valence-electron chi connectivity index (χ1n) is 4.90. The number of carboxylic acid groups (broad SMARTS) is 1. The van der Waals surface area contributed by atoms with E-state index in [-0.39, 0.29) is 0 Å². The molecule has 0 aliphatic carbocycles. The van der Waals surface area contributed by atoms with Crippen LogP contribution in [0.15, 0.2) is 22.1 Å². The topological polar surface area (TPSA) is 95.6 Å². The van der Waals surface area contributed by atoms with Crippen LogP contribution in [-0.4, -0.2) is 37.6 Å². The molecule has 0 aromatic carbocycles. The first-order valence-corrected chi connectivity index (χ1v) is 6.57. The quantitative estimate of drug-likeness (QED) is 0.798. The van der Waals surface area contributed by atoms with Gasteiger partial charge in [0.25, 0.3) is 0 Å². The molecule has 0 spiro atoms. The zero-order valence-electron chi connectivity index (χ0n) is 8.95. The van der Waals surface area contributed by atoms with Gasteiger partial charge >= 0.3 is 6.09 Å². The molecule has 2 heterocycles. The minimum absolute atomic E-state index is 0.326. The van der Waals surface area contributed by atoms with Crippen molar-refractivity contribution in [3.8, 4) is 10.7 Å². The Balaban J connectivity index is 2.43. The fourth-order valence-corrected chi connectivity index (χ4v) is 2.78. The molecule has 96 valence electrons. The normalized spacial score (nSPS) is 12.6. The number of nitrogens with zero attached hydrogens (tertiary/aromatic N) is 2. The molecule has 2 aromatic heterocycles. The second kappa shape index (κ2) is 5.19. The van der Waals surface area contributed by atoms with Gasteiger partial charge < -0.3 is 15.3 Å². The van der Waals surface area contributed by atoms with Gasteiger partial charge in [-0.25, -0.2) is 14.3 Å². The molecule has 3 N–H and O–H groups in total. The molecule has 6 nitrogen and oxygen atoms in total. The van der Waals surface area contributed by atoms with Gasteiger partial charge in [0.1, 0.15) is 11.1 Å². The van der Waals surface area contributed by atoms with E-state index < -0.39 is 18.8 Å². The summed E-state index contributed by atoms with van der Waals surface area (Å²) < 4.78 is 1.46. The maximum atomic E-state index is 11.1. The Labute approximate surface area is 114 Å². The fourth-order valence-electron chi connectivity index (χ4n) is 1.42. The van der Waals surface area contributed by atoms with Crippen molar-refractivity contribution >= 4 is 33.4 Å². The third kappa shape index (κ3) is 2.32. The van der Waals surface area contributed by atoms with Gasteiger partial charge in [0, 0.05) is 5.38 Å². The zero-order valence-corrected chi connectivity index (χ0v) is 11.3. The Morgan fingerprint density at radius 1 is 1.56 bits per heavy atom. The molecule has 0 fully saturated rings. The molecule has 0 aliphatic heterocycles. The predicted octanol–water partition coefficient (Wildman–Crippen LogP) is 1.93. The average molecular weight is 333 g/mol. The summed E-state index contributed by atoms with van der Waals surface area (Å²) >= 11 is 4.34. The number of aliphatic hydroxyl groups is 2. The number of aliphatic hydroxyl groups excluding tert-OH is 2. The summed E-state index contributed by atoms with van der Waals surface area (Å²) in [6.07, 6.45) is -2.17. The number of hydrogen-bond donors (Lipinski definition) is 3. The first-order chi connectivity index (χ1) is 8.54. The van der Waals surface area contributed by atoms with E-state index in [4.69, 9.17) is 10.2 Å². The van der Waals surface area contributed by atoms with Crippen LogP contribution in [0.2, 0.25) is 0 Å². The van der Waals surface area contributed by atoms with E-state index in [0.29, 0.717) is 21.0 Å². The molecule has 0 saturated carbocycles. The van der Waals surface area contributed by atoms with E-state index >= 15 is 0 Å². The van der Waals surface area contributed by atoms with Crippen LogP contribution < -0.4 is 0 Å². The number of halogens is 1. The molecule has 18 heavy (non-hydrogen) atoms. The Morgan fingerprint density at radius 3 is 2.89 bits per heavy atom. The number of aromatic nitrogens is 2. The predicted molar refractivity (Wildman–Crippen MR) is 68.7 cm³/mol. The highest BCUT2D eigenvalue weighted by atomic mass is 79.9. The van der Waals surface area contributed by atoms with Gasteiger partial charge in [0.15, 0.2) is 0 Å². The van der Waals surface area contributed by atoms with Crippen molar-refractivity contribution in [2.24, 2.45) is 0 Å². The molecule has 1 atom stereocenters. The number of rotatable bonds is 3. The first kappa shape index (κ1) is 13.2. The lowest BCUT2D eigenvalue weighted by Crippen LogP contribution is -2.09. The van der Waals surface area contributed by atoms with Crippen molar-refractivity contribution in [3.63, 3.8) is 0 Å². The fraction of sp³-hybridized carbons (Fsp3) is 0.200. The lowest BCUT2D eigenvalue weighted by Gasteiger charge is -2.03. The highest BCUT2D eigenvalue weighted by molar-refractivity contribution is 9.10. The van der Waals surface area contributed by atoms with Crippen LogP contribution in [0.25, 0.3) is 10.7 Å². The van der Waals surface area contributed by atoms with Crippen LogP contribution in [0.4, 0.5) is 4.79 Å². The van der Waals surface area contributed by atoms with Gasteiger partial charge in [-0.3, -0.25) is 0 Å². The van der Waals surface area contributed by atoms with Crippen LogP contribution >= 0.6 is 27.3 Å². The Kier molecular flexibility index (Phi) is 3.81. The van der Waals surface area contributed by atoms with E-state index in [1.807, 2.05) is 0 Å². The molecule has 0 amide bonds. The second-order valence-electron chi connectivity index (χ2n) is 3.44. The largest absolute Gasteiger partial charge is 0.464 e. The summed E-state index contributed by atoms with van der Waals surface area (Å²) in [5.41, 5.74) is 0.738. The molecule has 2 rings (SSSR count). The summed E-state index contributed by atoms with van der Waals surface area (Å²) in [4.78, 5) is 15.2. The van der Waals surface area contributed by atoms with Crippen LogP contribution in [0.5, 0.6) is 0 Å². The molecule has 8 heteroatoms. The lowest BCUT2D eigenvalue weighted by atomic mass is 10.3.